The summed E-state index contributed by atoms with van der Waals surface area (Å²) in [5.74, 6) is 0.0248. The maximum atomic E-state index is 12.3. The number of amides is 1. The molecule has 0 aliphatic carbocycles. The van der Waals surface area contributed by atoms with Crippen LogP contribution in [-0.2, 0) is 6.42 Å². The summed E-state index contributed by atoms with van der Waals surface area (Å²) in [7, 11) is 0. The van der Waals surface area contributed by atoms with Crippen LogP contribution >= 0.6 is 0 Å². The lowest BCUT2D eigenvalue weighted by Crippen LogP contribution is -2.33. The van der Waals surface area contributed by atoms with Crippen LogP contribution in [0.2, 0.25) is 0 Å². The Labute approximate surface area is 127 Å². The lowest BCUT2D eigenvalue weighted by Gasteiger charge is -2.15. The van der Waals surface area contributed by atoms with Gasteiger partial charge in [-0.15, -0.1) is 0 Å². The molecule has 0 spiro atoms. The highest BCUT2D eigenvalue weighted by Gasteiger charge is 2.12. The first-order valence-electron chi connectivity index (χ1n) is 7.49. The first-order chi connectivity index (χ1) is 10.1. The predicted octanol–water partition coefficient (Wildman–Crippen LogP) is 4.05. The predicted molar refractivity (Wildman–Crippen MR) is 87.6 cm³/mol. The van der Waals surface area contributed by atoms with Gasteiger partial charge in [-0.05, 0) is 56.4 Å². The summed E-state index contributed by atoms with van der Waals surface area (Å²) in [5.41, 5.74) is 4.30. The standard InChI is InChI=1S/C19H23NO/c1-14-8-7-11-18(16(14)3)19(21)20-15(2)12-13-17-9-5-4-6-10-17/h4-11,15H,12-13H2,1-3H3,(H,20,21)/t15-/m0/s1. The van der Waals surface area contributed by atoms with Crippen molar-refractivity contribution < 1.29 is 4.79 Å². The molecule has 0 aliphatic rings. The van der Waals surface area contributed by atoms with Crippen LogP contribution in [0.15, 0.2) is 48.5 Å². The van der Waals surface area contributed by atoms with Gasteiger partial charge in [0.2, 0.25) is 0 Å². The summed E-state index contributed by atoms with van der Waals surface area (Å²) >= 11 is 0. The van der Waals surface area contributed by atoms with Crippen molar-refractivity contribution in [3.8, 4) is 0 Å². The molecule has 1 N–H and O–H groups in total. The van der Waals surface area contributed by atoms with Gasteiger partial charge in [0, 0.05) is 11.6 Å². The summed E-state index contributed by atoms with van der Waals surface area (Å²) in [6, 6.07) is 16.4. The van der Waals surface area contributed by atoms with E-state index in [2.05, 4.69) is 36.5 Å². The van der Waals surface area contributed by atoms with Crippen LogP contribution in [0.5, 0.6) is 0 Å². The monoisotopic (exact) mass is 281 g/mol. The van der Waals surface area contributed by atoms with E-state index in [0.29, 0.717) is 0 Å². The van der Waals surface area contributed by atoms with E-state index in [0.717, 1.165) is 29.5 Å². The molecule has 1 amide bonds. The molecule has 2 aromatic carbocycles. The van der Waals surface area contributed by atoms with Crippen LogP contribution in [0.3, 0.4) is 0 Å². The van der Waals surface area contributed by atoms with Gasteiger partial charge in [0.05, 0.1) is 0 Å². The molecule has 110 valence electrons. The topological polar surface area (TPSA) is 29.1 Å². The molecule has 0 aliphatic heterocycles. The zero-order chi connectivity index (χ0) is 15.2. The van der Waals surface area contributed by atoms with E-state index in [1.165, 1.54) is 5.56 Å². The van der Waals surface area contributed by atoms with Crippen molar-refractivity contribution in [2.24, 2.45) is 0 Å². The minimum absolute atomic E-state index is 0.0248. The molecule has 0 saturated carbocycles. The second kappa shape index (κ2) is 7.07. The first kappa shape index (κ1) is 15.3. The molecule has 2 nitrogen and oxygen atoms in total. The molecule has 21 heavy (non-hydrogen) atoms. The van der Waals surface area contributed by atoms with Gasteiger partial charge < -0.3 is 5.32 Å². The fourth-order valence-corrected chi connectivity index (χ4v) is 2.40. The average Bonchev–Trinajstić information content (AvgIpc) is 2.49. The van der Waals surface area contributed by atoms with Gasteiger partial charge in [-0.2, -0.15) is 0 Å². The third-order valence-electron chi connectivity index (χ3n) is 3.94. The number of hydrogen-bond donors (Lipinski definition) is 1. The normalized spacial score (nSPS) is 12.0. The maximum Gasteiger partial charge on any atom is 0.251 e. The Morgan fingerprint density at radius 2 is 1.76 bits per heavy atom. The summed E-state index contributed by atoms with van der Waals surface area (Å²) < 4.78 is 0. The maximum absolute atomic E-state index is 12.3. The van der Waals surface area contributed by atoms with Crippen molar-refractivity contribution in [3.05, 3.63) is 70.8 Å². The van der Waals surface area contributed by atoms with Gasteiger partial charge in [0.15, 0.2) is 0 Å². The molecule has 0 heterocycles. The minimum Gasteiger partial charge on any atom is -0.350 e. The molecule has 0 radical (unpaired) electrons. The molecule has 0 aromatic heterocycles. The zero-order valence-corrected chi connectivity index (χ0v) is 13.0. The highest BCUT2D eigenvalue weighted by molar-refractivity contribution is 5.96. The van der Waals surface area contributed by atoms with Crippen molar-refractivity contribution in [1.82, 2.24) is 5.32 Å². The quantitative estimate of drug-likeness (QED) is 0.880. The first-order valence-corrected chi connectivity index (χ1v) is 7.49. The van der Waals surface area contributed by atoms with Crippen molar-refractivity contribution in [3.63, 3.8) is 0 Å². The van der Waals surface area contributed by atoms with Crippen LogP contribution in [0.1, 0.15) is 40.4 Å². The number of nitrogens with one attached hydrogen (secondary N) is 1. The van der Waals surface area contributed by atoms with Gasteiger partial charge >= 0.3 is 0 Å². The average molecular weight is 281 g/mol. The van der Waals surface area contributed by atoms with Crippen molar-refractivity contribution >= 4 is 5.91 Å². The Hall–Kier alpha value is -2.09. The summed E-state index contributed by atoms with van der Waals surface area (Å²) in [6.07, 6.45) is 1.93. The van der Waals surface area contributed by atoms with Crippen LogP contribution in [0.25, 0.3) is 0 Å². The molecule has 0 bridgehead atoms. The van der Waals surface area contributed by atoms with Crippen LogP contribution in [0.4, 0.5) is 0 Å². The fourth-order valence-electron chi connectivity index (χ4n) is 2.40. The molecule has 0 fully saturated rings. The van der Waals surface area contributed by atoms with E-state index >= 15 is 0 Å². The van der Waals surface area contributed by atoms with Gasteiger partial charge in [0.1, 0.15) is 0 Å². The highest BCUT2D eigenvalue weighted by atomic mass is 16.1. The van der Waals surface area contributed by atoms with Gasteiger partial charge in [-0.25, -0.2) is 0 Å². The number of rotatable bonds is 5. The van der Waals surface area contributed by atoms with E-state index in [1.54, 1.807) is 0 Å². The molecule has 2 heteroatoms. The third-order valence-corrected chi connectivity index (χ3v) is 3.94. The number of aryl methyl sites for hydroxylation is 2. The fraction of sp³-hybridized carbons (Fsp3) is 0.316. The minimum atomic E-state index is 0.0248. The van der Waals surface area contributed by atoms with Gasteiger partial charge in [-0.1, -0.05) is 42.5 Å². The molecular formula is C19H23NO. The number of benzene rings is 2. The van der Waals surface area contributed by atoms with Crippen molar-refractivity contribution in [2.45, 2.75) is 39.7 Å². The molecule has 2 aromatic rings. The third kappa shape index (κ3) is 4.19. The molecule has 0 unspecified atom stereocenters. The zero-order valence-electron chi connectivity index (χ0n) is 13.0. The Morgan fingerprint density at radius 3 is 2.48 bits per heavy atom. The van der Waals surface area contributed by atoms with Crippen molar-refractivity contribution in [2.75, 3.05) is 0 Å². The van der Waals surface area contributed by atoms with Crippen LogP contribution < -0.4 is 5.32 Å². The van der Waals surface area contributed by atoms with Gasteiger partial charge in [0.25, 0.3) is 5.91 Å². The highest BCUT2D eigenvalue weighted by Crippen LogP contribution is 2.13. The Morgan fingerprint density at radius 1 is 1.05 bits per heavy atom. The van der Waals surface area contributed by atoms with E-state index < -0.39 is 0 Å². The lowest BCUT2D eigenvalue weighted by atomic mass is 10.0. The molecule has 1 atom stereocenters. The molecule has 0 saturated heterocycles. The number of hydrogen-bond acceptors (Lipinski definition) is 1. The summed E-state index contributed by atoms with van der Waals surface area (Å²) in [4.78, 5) is 12.3. The van der Waals surface area contributed by atoms with Crippen LogP contribution in [0, 0.1) is 13.8 Å². The van der Waals surface area contributed by atoms with Gasteiger partial charge in [-0.3, -0.25) is 4.79 Å². The Bertz CT molecular complexity index is 604. The summed E-state index contributed by atoms with van der Waals surface area (Å²) in [5, 5.41) is 3.10. The largest absolute Gasteiger partial charge is 0.350 e. The smallest absolute Gasteiger partial charge is 0.251 e. The second-order valence-electron chi connectivity index (χ2n) is 5.65. The SMILES string of the molecule is Cc1cccc(C(=O)N[C@@H](C)CCc2ccccc2)c1C. The van der Waals surface area contributed by atoms with E-state index in [-0.39, 0.29) is 11.9 Å². The number of carbonyl (C=O) groups is 1. The Kier molecular flexibility index (Phi) is 5.15. The van der Waals surface area contributed by atoms with E-state index in [9.17, 15) is 4.79 Å². The molecule has 2 rings (SSSR count). The van der Waals surface area contributed by atoms with E-state index in [4.69, 9.17) is 0 Å². The molecular weight excluding hydrogens is 258 g/mol. The Balaban J connectivity index is 1.92. The second-order valence-corrected chi connectivity index (χ2v) is 5.65. The number of carbonyl (C=O) groups excluding carboxylic acids is 1. The van der Waals surface area contributed by atoms with Crippen LogP contribution in [-0.4, -0.2) is 11.9 Å². The lowest BCUT2D eigenvalue weighted by molar-refractivity contribution is 0.0937. The van der Waals surface area contributed by atoms with E-state index in [1.807, 2.05) is 38.1 Å². The summed E-state index contributed by atoms with van der Waals surface area (Å²) in [6.45, 7) is 6.09. The van der Waals surface area contributed by atoms with Crippen molar-refractivity contribution in [1.29, 1.82) is 0 Å².